The van der Waals surface area contributed by atoms with Crippen LogP contribution in [-0.2, 0) is 5.75 Å². The van der Waals surface area contributed by atoms with E-state index < -0.39 is 4.92 Å². The van der Waals surface area contributed by atoms with Crippen LogP contribution in [-0.4, -0.2) is 21.9 Å². The van der Waals surface area contributed by atoms with Crippen molar-refractivity contribution in [2.45, 2.75) is 17.9 Å². The molecule has 0 saturated heterocycles. The fourth-order valence-electron chi connectivity index (χ4n) is 1.15. The third-order valence-corrected chi connectivity index (χ3v) is 3.30. The van der Waals surface area contributed by atoms with Crippen LogP contribution < -0.4 is 5.73 Å². The molecule has 1 rings (SSSR count). The number of aliphatic hydroxyl groups is 1. The van der Waals surface area contributed by atoms with Gasteiger partial charge >= 0.3 is 0 Å². The van der Waals surface area contributed by atoms with Crippen LogP contribution in [0.25, 0.3) is 0 Å². The normalized spacial score (nSPS) is 12.4. The summed E-state index contributed by atoms with van der Waals surface area (Å²) in [6.45, 7) is 2.03. The lowest BCUT2D eigenvalue weighted by Crippen LogP contribution is -2.02. The SMILES string of the molecule is CC(CO)SCc1ccc([N+](=O)[O-])c(N)c1. The molecule has 5 nitrogen and oxygen atoms in total. The Kier molecular flexibility index (Phi) is 4.57. The molecule has 0 bridgehead atoms. The van der Waals surface area contributed by atoms with E-state index in [0.29, 0.717) is 5.75 Å². The van der Waals surface area contributed by atoms with Crippen LogP contribution in [0.1, 0.15) is 12.5 Å². The quantitative estimate of drug-likeness (QED) is 0.467. The molecule has 1 aromatic carbocycles. The smallest absolute Gasteiger partial charge is 0.292 e. The molecule has 0 fully saturated rings. The first-order chi connectivity index (χ1) is 7.54. The second kappa shape index (κ2) is 5.72. The number of hydrogen-bond acceptors (Lipinski definition) is 5. The Balaban J connectivity index is 2.70. The summed E-state index contributed by atoms with van der Waals surface area (Å²) in [5, 5.41) is 19.5. The lowest BCUT2D eigenvalue weighted by atomic mass is 10.2. The van der Waals surface area contributed by atoms with Crippen molar-refractivity contribution >= 4 is 23.1 Å². The first kappa shape index (κ1) is 12.8. The predicted octanol–water partition coefficient (Wildman–Crippen LogP) is 1.79. The zero-order chi connectivity index (χ0) is 12.1. The maximum absolute atomic E-state index is 10.5. The zero-order valence-corrected chi connectivity index (χ0v) is 9.74. The molecule has 3 N–H and O–H groups in total. The zero-order valence-electron chi connectivity index (χ0n) is 8.92. The van der Waals surface area contributed by atoms with Crippen LogP contribution in [0, 0.1) is 10.1 Å². The minimum absolute atomic E-state index is 0.0658. The molecule has 0 spiro atoms. The maximum Gasteiger partial charge on any atom is 0.292 e. The Morgan fingerprint density at radius 3 is 2.81 bits per heavy atom. The highest BCUT2D eigenvalue weighted by Crippen LogP contribution is 2.25. The minimum Gasteiger partial charge on any atom is -0.395 e. The summed E-state index contributed by atoms with van der Waals surface area (Å²) >= 11 is 1.58. The molecule has 0 saturated carbocycles. The van der Waals surface area contributed by atoms with Crippen molar-refractivity contribution in [3.8, 4) is 0 Å². The van der Waals surface area contributed by atoms with Crippen LogP contribution in [0.3, 0.4) is 0 Å². The van der Waals surface area contributed by atoms with Gasteiger partial charge in [-0.1, -0.05) is 13.0 Å². The van der Waals surface area contributed by atoms with E-state index in [4.69, 9.17) is 10.8 Å². The van der Waals surface area contributed by atoms with Gasteiger partial charge in [0.05, 0.1) is 11.5 Å². The average molecular weight is 242 g/mol. The highest BCUT2D eigenvalue weighted by atomic mass is 32.2. The second-order valence-corrected chi connectivity index (χ2v) is 4.88. The number of thioether (sulfide) groups is 1. The molecule has 0 aliphatic rings. The van der Waals surface area contributed by atoms with Crippen LogP contribution in [0.5, 0.6) is 0 Å². The number of nitrogens with zero attached hydrogens (tertiary/aromatic N) is 1. The largest absolute Gasteiger partial charge is 0.395 e. The molecular formula is C10H14N2O3S. The van der Waals surface area contributed by atoms with E-state index in [1.807, 2.05) is 6.92 Å². The third kappa shape index (κ3) is 3.39. The number of aliphatic hydroxyl groups excluding tert-OH is 1. The van der Waals surface area contributed by atoms with Crippen molar-refractivity contribution in [3.05, 3.63) is 33.9 Å². The van der Waals surface area contributed by atoms with E-state index in [1.54, 1.807) is 23.9 Å². The molecule has 6 heteroatoms. The van der Waals surface area contributed by atoms with Gasteiger partial charge in [-0.2, -0.15) is 11.8 Å². The fourth-order valence-corrected chi connectivity index (χ4v) is 1.91. The number of benzene rings is 1. The van der Waals surface area contributed by atoms with Crippen LogP contribution >= 0.6 is 11.8 Å². The summed E-state index contributed by atoms with van der Waals surface area (Å²) < 4.78 is 0. The Hall–Kier alpha value is -1.27. The lowest BCUT2D eigenvalue weighted by molar-refractivity contribution is -0.383. The standard InChI is InChI=1S/C10H14N2O3S/c1-7(5-13)16-6-8-2-3-10(12(14)15)9(11)4-8/h2-4,7,13H,5-6,11H2,1H3. The van der Waals surface area contributed by atoms with E-state index in [9.17, 15) is 10.1 Å². The fraction of sp³-hybridized carbons (Fsp3) is 0.400. The number of nitrogen functional groups attached to an aromatic ring is 1. The third-order valence-electron chi connectivity index (χ3n) is 2.08. The van der Waals surface area contributed by atoms with Crippen molar-refractivity contribution in [2.75, 3.05) is 12.3 Å². The van der Waals surface area contributed by atoms with E-state index in [0.717, 1.165) is 5.56 Å². The van der Waals surface area contributed by atoms with Crippen LogP contribution in [0.4, 0.5) is 11.4 Å². The first-order valence-corrected chi connectivity index (χ1v) is 5.84. The van der Waals surface area contributed by atoms with Gasteiger partial charge < -0.3 is 10.8 Å². The van der Waals surface area contributed by atoms with Crippen molar-refractivity contribution in [3.63, 3.8) is 0 Å². The number of nitrogens with two attached hydrogens (primary N) is 1. The number of hydrogen-bond donors (Lipinski definition) is 2. The summed E-state index contributed by atoms with van der Waals surface area (Å²) in [6.07, 6.45) is 0. The molecule has 1 aromatic rings. The van der Waals surface area contributed by atoms with E-state index in [1.165, 1.54) is 6.07 Å². The molecule has 16 heavy (non-hydrogen) atoms. The van der Waals surface area contributed by atoms with Gasteiger partial charge in [-0.3, -0.25) is 10.1 Å². The highest BCUT2D eigenvalue weighted by molar-refractivity contribution is 7.99. The van der Waals surface area contributed by atoms with Gasteiger partial charge in [0.1, 0.15) is 5.69 Å². The minimum atomic E-state index is -0.497. The molecule has 0 radical (unpaired) electrons. The molecule has 0 aromatic heterocycles. The van der Waals surface area contributed by atoms with Crippen molar-refractivity contribution in [1.29, 1.82) is 0 Å². The molecule has 0 heterocycles. The summed E-state index contributed by atoms with van der Waals surface area (Å²) in [7, 11) is 0. The van der Waals surface area contributed by atoms with E-state index in [2.05, 4.69) is 0 Å². The number of nitro benzene ring substituents is 1. The Labute approximate surface area is 97.8 Å². The second-order valence-electron chi connectivity index (χ2n) is 3.45. The Morgan fingerprint density at radius 1 is 1.62 bits per heavy atom. The average Bonchev–Trinajstić information content (AvgIpc) is 2.25. The van der Waals surface area contributed by atoms with E-state index >= 15 is 0 Å². The van der Waals surface area contributed by atoms with Gasteiger partial charge in [0.15, 0.2) is 0 Å². The summed E-state index contributed by atoms with van der Waals surface area (Å²) in [6, 6.07) is 4.70. The topological polar surface area (TPSA) is 89.4 Å². The van der Waals surface area contributed by atoms with Crippen LogP contribution in [0.2, 0.25) is 0 Å². The van der Waals surface area contributed by atoms with Gasteiger partial charge in [-0.15, -0.1) is 0 Å². The van der Waals surface area contributed by atoms with E-state index in [-0.39, 0.29) is 23.2 Å². The molecule has 0 amide bonds. The van der Waals surface area contributed by atoms with Gasteiger partial charge in [0.2, 0.25) is 0 Å². The van der Waals surface area contributed by atoms with Gasteiger partial charge in [0.25, 0.3) is 5.69 Å². The van der Waals surface area contributed by atoms with Gasteiger partial charge in [-0.05, 0) is 11.6 Å². The maximum atomic E-state index is 10.5. The predicted molar refractivity (Wildman–Crippen MR) is 65.4 cm³/mol. The molecule has 0 aliphatic carbocycles. The number of nitro groups is 1. The van der Waals surface area contributed by atoms with Crippen molar-refractivity contribution in [2.24, 2.45) is 0 Å². The summed E-state index contributed by atoms with van der Waals surface area (Å²) in [5.74, 6) is 0.684. The van der Waals surface area contributed by atoms with Crippen LogP contribution in [0.15, 0.2) is 18.2 Å². The van der Waals surface area contributed by atoms with Crippen molar-refractivity contribution in [1.82, 2.24) is 0 Å². The molecule has 1 atom stereocenters. The van der Waals surface area contributed by atoms with Gasteiger partial charge in [-0.25, -0.2) is 0 Å². The summed E-state index contributed by atoms with van der Waals surface area (Å²) in [5.41, 5.74) is 6.60. The lowest BCUT2D eigenvalue weighted by Gasteiger charge is -2.07. The Bertz CT molecular complexity index is 384. The summed E-state index contributed by atoms with van der Waals surface area (Å²) in [4.78, 5) is 10.0. The number of rotatable bonds is 5. The highest BCUT2D eigenvalue weighted by Gasteiger charge is 2.11. The van der Waals surface area contributed by atoms with Crippen molar-refractivity contribution < 1.29 is 10.0 Å². The Morgan fingerprint density at radius 2 is 2.31 bits per heavy atom. The molecule has 1 unspecified atom stereocenters. The number of anilines is 1. The molecule has 0 aliphatic heterocycles. The molecular weight excluding hydrogens is 228 g/mol. The monoisotopic (exact) mass is 242 g/mol. The first-order valence-electron chi connectivity index (χ1n) is 4.80. The van der Waals surface area contributed by atoms with Gasteiger partial charge in [0, 0.05) is 17.1 Å². The molecule has 88 valence electrons.